The third-order valence-electron chi connectivity index (χ3n) is 4.69. The zero-order valence-corrected chi connectivity index (χ0v) is 18.0. The summed E-state index contributed by atoms with van der Waals surface area (Å²) in [5, 5.41) is 5.29. The van der Waals surface area contributed by atoms with Crippen LogP contribution in [-0.2, 0) is 11.2 Å². The first-order valence-electron chi connectivity index (χ1n) is 9.33. The first-order valence-corrected chi connectivity index (χ1v) is 10.1. The summed E-state index contributed by atoms with van der Waals surface area (Å²) in [6, 6.07) is 12.5. The van der Waals surface area contributed by atoms with Crippen LogP contribution < -0.4 is 4.74 Å². The maximum atomic E-state index is 12.8. The van der Waals surface area contributed by atoms with E-state index in [1.165, 1.54) is 0 Å². The van der Waals surface area contributed by atoms with Gasteiger partial charge in [-0.05, 0) is 60.9 Å². The van der Waals surface area contributed by atoms with Crippen LogP contribution in [0.2, 0.25) is 10.0 Å². The van der Waals surface area contributed by atoms with Gasteiger partial charge in [0.25, 0.3) is 0 Å². The van der Waals surface area contributed by atoms with E-state index < -0.39 is 0 Å². The predicted octanol–water partition coefficient (Wildman–Crippen LogP) is 5.81. The molecule has 0 aliphatic heterocycles. The molecule has 0 aliphatic rings. The highest BCUT2D eigenvalue weighted by Crippen LogP contribution is 2.24. The average Bonchev–Trinajstić information content (AvgIpc) is 3.14. The number of aryl methyl sites for hydroxylation is 1. The summed E-state index contributed by atoms with van der Waals surface area (Å²) in [4.78, 5) is 17.2. The van der Waals surface area contributed by atoms with E-state index in [1.54, 1.807) is 30.3 Å². The first kappa shape index (κ1) is 21.3. The van der Waals surface area contributed by atoms with Gasteiger partial charge in [-0.25, -0.2) is 0 Å². The number of benzene rings is 2. The minimum atomic E-state index is -0.291. The van der Waals surface area contributed by atoms with Crippen LogP contribution in [0.4, 0.5) is 0 Å². The summed E-state index contributed by atoms with van der Waals surface area (Å²) < 4.78 is 11.1. The maximum absolute atomic E-state index is 12.8. The van der Waals surface area contributed by atoms with Crippen molar-refractivity contribution in [3.8, 4) is 17.1 Å². The van der Waals surface area contributed by atoms with Gasteiger partial charge in [0.15, 0.2) is 5.78 Å². The molecular weight excluding hydrogens is 411 g/mol. The van der Waals surface area contributed by atoms with E-state index in [-0.39, 0.29) is 24.2 Å². The van der Waals surface area contributed by atoms with E-state index in [0.29, 0.717) is 33.9 Å². The van der Waals surface area contributed by atoms with E-state index in [4.69, 9.17) is 32.5 Å². The van der Waals surface area contributed by atoms with Gasteiger partial charge < -0.3 is 9.26 Å². The summed E-state index contributed by atoms with van der Waals surface area (Å²) in [5.41, 5.74) is 1.69. The number of hydrogen-bond donors (Lipinski definition) is 0. The summed E-state index contributed by atoms with van der Waals surface area (Å²) in [6.07, 6.45) is 0.361. The van der Waals surface area contributed by atoms with Gasteiger partial charge in [0.1, 0.15) is 12.4 Å². The largest absolute Gasteiger partial charge is 0.486 e. The number of nitrogens with zero attached hydrogens (tertiary/aromatic N) is 2. The molecule has 1 aromatic heterocycles. The Morgan fingerprint density at radius 3 is 2.45 bits per heavy atom. The number of halogens is 2. The molecule has 1 atom stereocenters. The summed E-state index contributed by atoms with van der Waals surface area (Å²) in [5.74, 6) is 1.34. The second-order valence-corrected chi connectivity index (χ2v) is 8.11. The Morgan fingerprint density at radius 1 is 1.10 bits per heavy atom. The Morgan fingerprint density at radius 2 is 1.79 bits per heavy atom. The highest BCUT2D eigenvalue weighted by molar-refractivity contribution is 6.30. The van der Waals surface area contributed by atoms with Crippen molar-refractivity contribution < 1.29 is 14.1 Å². The monoisotopic (exact) mass is 432 g/mol. The molecule has 0 bridgehead atoms. The van der Waals surface area contributed by atoms with Gasteiger partial charge in [-0.1, -0.05) is 42.2 Å². The van der Waals surface area contributed by atoms with E-state index in [2.05, 4.69) is 10.1 Å². The number of carbonyl (C=O) groups is 1. The Hall–Kier alpha value is -2.37. The normalized spacial score (nSPS) is 12.2. The molecule has 0 aliphatic carbocycles. The number of rotatable bonds is 8. The van der Waals surface area contributed by atoms with Gasteiger partial charge >= 0.3 is 0 Å². The SMILES string of the molecule is Cc1cc(Cl)ccc1OCC(=O)C(Cc1nc(-c2ccc(Cl)cc2)no1)C(C)C. The van der Waals surface area contributed by atoms with Crippen molar-refractivity contribution >= 4 is 29.0 Å². The fraction of sp³-hybridized carbons (Fsp3) is 0.318. The van der Waals surface area contributed by atoms with Crippen molar-refractivity contribution in [3.05, 3.63) is 64.0 Å². The van der Waals surface area contributed by atoms with Gasteiger partial charge in [-0.2, -0.15) is 4.98 Å². The molecule has 29 heavy (non-hydrogen) atoms. The van der Waals surface area contributed by atoms with Crippen LogP contribution in [0, 0.1) is 18.8 Å². The molecule has 0 saturated carbocycles. The van der Waals surface area contributed by atoms with Crippen LogP contribution in [0.15, 0.2) is 47.0 Å². The van der Waals surface area contributed by atoms with Gasteiger partial charge in [0.2, 0.25) is 11.7 Å². The number of ether oxygens (including phenoxy) is 1. The molecule has 3 rings (SSSR count). The predicted molar refractivity (Wildman–Crippen MR) is 113 cm³/mol. The Bertz CT molecular complexity index is 984. The molecule has 0 spiro atoms. The van der Waals surface area contributed by atoms with Crippen molar-refractivity contribution in [1.82, 2.24) is 10.1 Å². The summed E-state index contributed by atoms with van der Waals surface area (Å²) >= 11 is 11.9. The van der Waals surface area contributed by atoms with Gasteiger partial charge in [0.05, 0.1) is 0 Å². The molecule has 5 nitrogen and oxygen atoms in total. The number of aromatic nitrogens is 2. The average molecular weight is 433 g/mol. The summed E-state index contributed by atoms with van der Waals surface area (Å²) in [7, 11) is 0. The molecule has 1 unspecified atom stereocenters. The molecule has 0 N–H and O–H groups in total. The van der Waals surface area contributed by atoms with Crippen LogP contribution in [0.3, 0.4) is 0 Å². The van der Waals surface area contributed by atoms with Gasteiger partial charge in [-0.15, -0.1) is 0 Å². The standard InChI is InChI=1S/C22H22Cl2N2O3/c1-13(2)18(19(27)12-28-20-9-8-17(24)10-14(20)3)11-21-25-22(26-29-21)15-4-6-16(23)7-5-15/h4-10,13,18H,11-12H2,1-3H3. The topological polar surface area (TPSA) is 65.2 Å². The van der Waals surface area contributed by atoms with Gasteiger partial charge in [0, 0.05) is 27.9 Å². The third kappa shape index (κ3) is 5.58. The molecule has 2 aromatic carbocycles. The molecule has 152 valence electrons. The van der Waals surface area contributed by atoms with Crippen LogP contribution in [-0.4, -0.2) is 22.5 Å². The summed E-state index contributed by atoms with van der Waals surface area (Å²) in [6.45, 7) is 5.85. The fourth-order valence-electron chi connectivity index (χ4n) is 2.99. The fourth-order valence-corrected chi connectivity index (χ4v) is 3.35. The van der Waals surface area contributed by atoms with Crippen LogP contribution >= 0.6 is 23.2 Å². The molecule has 0 radical (unpaired) electrons. The van der Waals surface area contributed by atoms with Crippen LogP contribution in [0.1, 0.15) is 25.3 Å². The van der Waals surface area contributed by atoms with Crippen LogP contribution in [0.25, 0.3) is 11.4 Å². The lowest BCUT2D eigenvalue weighted by molar-refractivity contribution is -0.126. The quantitative estimate of drug-likeness (QED) is 0.448. The molecule has 7 heteroatoms. The third-order valence-corrected chi connectivity index (χ3v) is 5.18. The van der Waals surface area contributed by atoms with Crippen molar-refractivity contribution in [1.29, 1.82) is 0 Å². The zero-order valence-electron chi connectivity index (χ0n) is 16.5. The minimum Gasteiger partial charge on any atom is -0.486 e. The molecule has 0 amide bonds. The zero-order chi connectivity index (χ0) is 21.0. The van der Waals surface area contributed by atoms with Gasteiger partial charge in [-0.3, -0.25) is 4.79 Å². The van der Waals surface area contributed by atoms with E-state index >= 15 is 0 Å². The molecule has 3 aromatic rings. The van der Waals surface area contributed by atoms with Crippen molar-refractivity contribution in [2.24, 2.45) is 11.8 Å². The molecule has 0 fully saturated rings. The van der Waals surface area contributed by atoms with E-state index in [0.717, 1.165) is 11.1 Å². The lowest BCUT2D eigenvalue weighted by Crippen LogP contribution is -2.28. The maximum Gasteiger partial charge on any atom is 0.227 e. The first-order chi connectivity index (χ1) is 13.8. The van der Waals surface area contributed by atoms with Crippen LogP contribution in [0.5, 0.6) is 5.75 Å². The Balaban J connectivity index is 1.66. The second-order valence-electron chi connectivity index (χ2n) is 7.24. The number of carbonyl (C=O) groups excluding carboxylic acids is 1. The lowest BCUT2D eigenvalue weighted by Gasteiger charge is -2.18. The van der Waals surface area contributed by atoms with E-state index in [1.807, 2.05) is 32.9 Å². The Kier molecular flexibility index (Phi) is 6.93. The Labute approximate surface area is 180 Å². The molecular formula is C22H22Cl2N2O3. The van der Waals surface area contributed by atoms with Crippen molar-refractivity contribution in [2.45, 2.75) is 27.2 Å². The number of ketones is 1. The highest BCUT2D eigenvalue weighted by atomic mass is 35.5. The second kappa shape index (κ2) is 9.42. The van der Waals surface area contributed by atoms with Crippen molar-refractivity contribution in [3.63, 3.8) is 0 Å². The lowest BCUT2D eigenvalue weighted by atomic mass is 9.88. The van der Waals surface area contributed by atoms with Crippen molar-refractivity contribution in [2.75, 3.05) is 6.61 Å². The molecule has 1 heterocycles. The highest BCUT2D eigenvalue weighted by Gasteiger charge is 2.26. The molecule has 0 saturated heterocycles. The number of hydrogen-bond acceptors (Lipinski definition) is 5. The minimum absolute atomic E-state index is 0.0133. The van der Waals surface area contributed by atoms with E-state index in [9.17, 15) is 4.79 Å². The smallest absolute Gasteiger partial charge is 0.227 e. The number of Topliss-reactive ketones (excluding diaryl/α,β-unsaturated/α-hetero) is 1.